The molecule has 3 nitrogen and oxygen atoms in total. The minimum atomic E-state index is 0.487. The van der Waals surface area contributed by atoms with E-state index in [1.165, 1.54) is 0 Å². The van der Waals surface area contributed by atoms with Crippen molar-refractivity contribution in [3.05, 3.63) is 51.5 Å². The maximum absolute atomic E-state index is 8.81. The van der Waals surface area contributed by atoms with Crippen LogP contribution in [0.5, 0.6) is 5.75 Å². The van der Waals surface area contributed by atoms with Crippen molar-refractivity contribution in [2.45, 2.75) is 0 Å². The molecule has 2 aromatic carbocycles. The van der Waals surface area contributed by atoms with Gasteiger partial charge < -0.3 is 10.1 Å². The number of nitriles is 1. The molecule has 0 bridgehead atoms. The predicted octanol–water partition coefficient (Wildman–Crippen LogP) is 4.73. The first-order valence-corrected chi connectivity index (χ1v) is 6.61. The van der Waals surface area contributed by atoms with Crippen molar-refractivity contribution < 1.29 is 4.74 Å². The second-order valence-corrected chi connectivity index (χ2v) is 5.10. The van der Waals surface area contributed by atoms with Gasteiger partial charge >= 0.3 is 0 Å². The van der Waals surface area contributed by atoms with Crippen molar-refractivity contribution in [1.82, 2.24) is 0 Å². The minimum Gasteiger partial charge on any atom is -0.495 e. The molecule has 0 fully saturated rings. The predicted molar refractivity (Wildman–Crippen MR) is 80.1 cm³/mol. The van der Waals surface area contributed by atoms with Crippen LogP contribution in [0.25, 0.3) is 0 Å². The third-order valence-electron chi connectivity index (χ3n) is 2.53. The lowest BCUT2D eigenvalue weighted by Gasteiger charge is -2.12. The summed E-state index contributed by atoms with van der Waals surface area (Å²) in [5.41, 5.74) is 2.04. The second-order valence-electron chi connectivity index (χ2n) is 3.78. The molecule has 2 aromatic rings. The lowest BCUT2D eigenvalue weighted by molar-refractivity contribution is 0.417. The van der Waals surface area contributed by atoms with E-state index < -0.39 is 0 Å². The van der Waals surface area contributed by atoms with Gasteiger partial charge in [0.05, 0.1) is 35.1 Å². The molecule has 0 heterocycles. The fraction of sp³-hybridized carbons (Fsp3) is 0.0714. The van der Waals surface area contributed by atoms with Crippen LogP contribution >= 0.6 is 27.5 Å². The maximum Gasteiger partial charge on any atom is 0.142 e. The molecular weight excluding hydrogens is 328 g/mol. The van der Waals surface area contributed by atoms with Gasteiger partial charge in [0.15, 0.2) is 0 Å². The number of ether oxygens (including phenoxy) is 1. The van der Waals surface area contributed by atoms with E-state index in [-0.39, 0.29) is 0 Å². The Labute approximate surface area is 124 Å². The summed E-state index contributed by atoms with van der Waals surface area (Å²) >= 11 is 9.54. The van der Waals surface area contributed by atoms with Gasteiger partial charge in [0.1, 0.15) is 5.75 Å². The SMILES string of the molecule is COc1ccc(Br)cc1Nc1ccc(C#N)cc1Cl. The average molecular weight is 338 g/mol. The molecule has 0 radical (unpaired) electrons. The Hall–Kier alpha value is -1.70. The molecule has 0 aliphatic carbocycles. The molecule has 1 N–H and O–H groups in total. The zero-order valence-corrected chi connectivity index (χ0v) is 12.4. The number of halogens is 2. The number of anilines is 2. The molecule has 5 heteroatoms. The van der Waals surface area contributed by atoms with Gasteiger partial charge in [-0.2, -0.15) is 5.26 Å². The third kappa shape index (κ3) is 3.19. The Balaban J connectivity index is 2.36. The molecule has 0 unspecified atom stereocenters. The number of hydrogen-bond acceptors (Lipinski definition) is 3. The largest absolute Gasteiger partial charge is 0.495 e. The molecule has 2 rings (SSSR count). The Morgan fingerprint density at radius 1 is 1.21 bits per heavy atom. The van der Waals surface area contributed by atoms with Crippen LogP contribution in [0.4, 0.5) is 11.4 Å². The first-order chi connectivity index (χ1) is 9.13. The van der Waals surface area contributed by atoms with Crippen LogP contribution in [0.3, 0.4) is 0 Å². The Morgan fingerprint density at radius 2 is 2.00 bits per heavy atom. The topological polar surface area (TPSA) is 45.0 Å². The summed E-state index contributed by atoms with van der Waals surface area (Å²) in [6, 6.07) is 12.8. The molecule has 0 aliphatic heterocycles. The highest BCUT2D eigenvalue weighted by atomic mass is 79.9. The van der Waals surface area contributed by atoms with E-state index in [0.29, 0.717) is 16.3 Å². The standard InChI is InChI=1S/C14H10BrClN2O/c1-19-14-5-3-10(15)7-13(14)18-12-4-2-9(8-17)6-11(12)16/h2-7,18H,1H3. The van der Waals surface area contributed by atoms with Gasteiger partial charge in [-0.15, -0.1) is 0 Å². The highest BCUT2D eigenvalue weighted by molar-refractivity contribution is 9.10. The van der Waals surface area contributed by atoms with Gasteiger partial charge in [-0.05, 0) is 36.4 Å². The average Bonchev–Trinajstić information content (AvgIpc) is 2.41. The van der Waals surface area contributed by atoms with Gasteiger partial charge in [0, 0.05) is 4.47 Å². The minimum absolute atomic E-state index is 0.487. The van der Waals surface area contributed by atoms with Crippen LogP contribution in [0.1, 0.15) is 5.56 Å². The van der Waals surface area contributed by atoms with Crippen molar-refractivity contribution in [2.24, 2.45) is 0 Å². The summed E-state index contributed by atoms with van der Waals surface area (Å²) < 4.78 is 6.21. The summed E-state index contributed by atoms with van der Waals surface area (Å²) in [6.07, 6.45) is 0. The van der Waals surface area contributed by atoms with Crippen molar-refractivity contribution in [3.63, 3.8) is 0 Å². The van der Waals surface area contributed by atoms with E-state index >= 15 is 0 Å². The normalized spacial score (nSPS) is 9.79. The first kappa shape index (κ1) is 13.7. The highest BCUT2D eigenvalue weighted by Crippen LogP contribution is 2.33. The van der Waals surface area contributed by atoms with E-state index in [1.54, 1.807) is 25.3 Å². The number of benzene rings is 2. The van der Waals surface area contributed by atoms with Gasteiger partial charge in [0.2, 0.25) is 0 Å². The van der Waals surface area contributed by atoms with E-state index in [1.807, 2.05) is 24.3 Å². The van der Waals surface area contributed by atoms with Crippen LogP contribution in [-0.2, 0) is 0 Å². The van der Waals surface area contributed by atoms with E-state index in [2.05, 4.69) is 21.2 Å². The zero-order valence-electron chi connectivity index (χ0n) is 10.1. The molecular formula is C14H10BrClN2O. The third-order valence-corrected chi connectivity index (χ3v) is 3.34. The summed E-state index contributed by atoms with van der Waals surface area (Å²) in [5.74, 6) is 0.712. The number of nitrogens with zero attached hydrogens (tertiary/aromatic N) is 1. The van der Waals surface area contributed by atoms with E-state index in [0.717, 1.165) is 15.8 Å². The van der Waals surface area contributed by atoms with Crippen LogP contribution in [-0.4, -0.2) is 7.11 Å². The number of hydrogen-bond donors (Lipinski definition) is 1. The maximum atomic E-state index is 8.81. The lowest BCUT2D eigenvalue weighted by atomic mass is 10.2. The van der Waals surface area contributed by atoms with Crippen molar-refractivity contribution >= 4 is 38.9 Å². The zero-order chi connectivity index (χ0) is 13.8. The molecule has 96 valence electrons. The summed E-state index contributed by atoms with van der Waals surface area (Å²) in [4.78, 5) is 0. The molecule has 0 saturated carbocycles. The van der Waals surface area contributed by atoms with Crippen LogP contribution in [0.15, 0.2) is 40.9 Å². The molecule has 0 saturated heterocycles. The summed E-state index contributed by atoms with van der Waals surface area (Å²) in [5, 5.41) is 12.5. The molecule has 0 aliphatic rings. The Morgan fingerprint density at radius 3 is 2.63 bits per heavy atom. The second kappa shape index (κ2) is 5.96. The number of methoxy groups -OCH3 is 1. The van der Waals surface area contributed by atoms with Gasteiger partial charge in [-0.1, -0.05) is 27.5 Å². The van der Waals surface area contributed by atoms with Crippen LogP contribution in [0, 0.1) is 11.3 Å². The monoisotopic (exact) mass is 336 g/mol. The summed E-state index contributed by atoms with van der Waals surface area (Å²) in [7, 11) is 1.61. The Kier molecular flexibility index (Phi) is 4.31. The van der Waals surface area contributed by atoms with E-state index in [4.69, 9.17) is 21.6 Å². The van der Waals surface area contributed by atoms with Gasteiger partial charge in [-0.25, -0.2) is 0 Å². The van der Waals surface area contributed by atoms with Crippen molar-refractivity contribution in [1.29, 1.82) is 5.26 Å². The summed E-state index contributed by atoms with van der Waals surface area (Å²) in [6.45, 7) is 0. The molecule has 0 aromatic heterocycles. The Bertz CT molecular complexity index is 652. The molecule has 0 atom stereocenters. The van der Waals surface area contributed by atoms with Gasteiger partial charge in [0.25, 0.3) is 0 Å². The fourth-order valence-electron chi connectivity index (χ4n) is 1.61. The van der Waals surface area contributed by atoms with Crippen molar-refractivity contribution in [3.8, 4) is 11.8 Å². The van der Waals surface area contributed by atoms with Crippen LogP contribution < -0.4 is 10.1 Å². The van der Waals surface area contributed by atoms with Crippen molar-refractivity contribution in [2.75, 3.05) is 12.4 Å². The fourth-order valence-corrected chi connectivity index (χ4v) is 2.20. The first-order valence-electron chi connectivity index (χ1n) is 5.44. The smallest absolute Gasteiger partial charge is 0.142 e. The molecule has 0 amide bonds. The molecule has 0 spiro atoms. The number of rotatable bonds is 3. The highest BCUT2D eigenvalue weighted by Gasteiger charge is 2.07. The molecule has 19 heavy (non-hydrogen) atoms. The van der Waals surface area contributed by atoms with Crippen LogP contribution in [0.2, 0.25) is 5.02 Å². The van der Waals surface area contributed by atoms with E-state index in [9.17, 15) is 0 Å². The van der Waals surface area contributed by atoms with Gasteiger partial charge in [-0.3, -0.25) is 0 Å². The number of nitrogens with one attached hydrogen (secondary N) is 1. The lowest BCUT2D eigenvalue weighted by Crippen LogP contribution is -1.95. The quantitative estimate of drug-likeness (QED) is 0.881.